The van der Waals surface area contributed by atoms with Gasteiger partial charge in [-0.3, -0.25) is 14.7 Å². The summed E-state index contributed by atoms with van der Waals surface area (Å²) in [6.45, 7) is 4.44. The number of pyridine rings is 1. The van der Waals surface area contributed by atoms with Gasteiger partial charge in [0.2, 0.25) is 0 Å². The van der Waals surface area contributed by atoms with Gasteiger partial charge in [0.1, 0.15) is 5.82 Å². The largest absolute Gasteiger partial charge is 0.343 e. The maximum Gasteiger partial charge on any atom is 0.252 e. The Morgan fingerprint density at radius 3 is 2.77 bits per heavy atom. The van der Waals surface area contributed by atoms with Gasteiger partial charge in [-0.15, -0.1) is 0 Å². The number of piperidine rings is 1. The van der Waals surface area contributed by atoms with E-state index in [-0.39, 0.29) is 23.7 Å². The van der Waals surface area contributed by atoms with Crippen molar-refractivity contribution in [2.75, 3.05) is 13.1 Å². The Kier molecular flexibility index (Phi) is 6.73. The van der Waals surface area contributed by atoms with E-state index in [1.165, 1.54) is 6.07 Å². The van der Waals surface area contributed by atoms with Gasteiger partial charge in [-0.2, -0.15) is 0 Å². The number of halogens is 1. The zero-order valence-corrected chi connectivity index (χ0v) is 17.8. The fourth-order valence-corrected chi connectivity index (χ4v) is 4.44. The minimum Gasteiger partial charge on any atom is -0.343 e. The molecule has 2 heterocycles. The van der Waals surface area contributed by atoms with Crippen LogP contribution < -0.4 is 5.32 Å². The Morgan fingerprint density at radius 2 is 2.00 bits per heavy atom. The van der Waals surface area contributed by atoms with Gasteiger partial charge in [-0.05, 0) is 73.7 Å². The van der Waals surface area contributed by atoms with E-state index < -0.39 is 0 Å². The number of hydrogen-bond donors (Lipinski definition) is 1. The predicted molar refractivity (Wildman–Crippen MR) is 120 cm³/mol. The first-order chi connectivity index (χ1) is 15.1. The molecule has 0 bridgehead atoms. The van der Waals surface area contributed by atoms with E-state index >= 15 is 0 Å². The van der Waals surface area contributed by atoms with E-state index in [1.54, 1.807) is 18.3 Å². The number of carbonyl (C=O) groups is 1. The zero-order valence-electron chi connectivity index (χ0n) is 17.8. The molecule has 5 heteroatoms. The highest BCUT2D eigenvalue weighted by Crippen LogP contribution is 2.30. The van der Waals surface area contributed by atoms with Crippen molar-refractivity contribution >= 4 is 5.91 Å². The van der Waals surface area contributed by atoms with Crippen molar-refractivity contribution in [2.45, 2.75) is 32.4 Å². The Hall–Kier alpha value is -3.05. The molecule has 160 valence electrons. The maximum atomic E-state index is 13.6. The molecule has 0 spiro atoms. The van der Waals surface area contributed by atoms with Gasteiger partial charge in [0.25, 0.3) is 5.91 Å². The van der Waals surface area contributed by atoms with Crippen molar-refractivity contribution < 1.29 is 9.18 Å². The lowest BCUT2D eigenvalue weighted by atomic mass is 9.88. The second kappa shape index (κ2) is 9.84. The average Bonchev–Trinajstić information content (AvgIpc) is 2.78. The van der Waals surface area contributed by atoms with Gasteiger partial charge in [0, 0.05) is 24.8 Å². The van der Waals surface area contributed by atoms with Gasteiger partial charge in [-0.1, -0.05) is 36.4 Å². The summed E-state index contributed by atoms with van der Waals surface area (Å²) in [4.78, 5) is 20.0. The monoisotopic (exact) mass is 417 g/mol. The second-order valence-corrected chi connectivity index (χ2v) is 8.29. The Bertz CT molecular complexity index is 1020. The van der Waals surface area contributed by atoms with Crippen LogP contribution in [0.4, 0.5) is 4.39 Å². The first kappa shape index (κ1) is 21.2. The molecule has 0 radical (unpaired) electrons. The molecule has 2 atom stereocenters. The number of nitrogens with zero attached hydrogens (tertiary/aromatic N) is 2. The Balaban J connectivity index is 1.53. The number of aromatic nitrogens is 1. The number of hydrogen-bond acceptors (Lipinski definition) is 3. The third kappa shape index (κ3) is 5.36. The van der Waals surface area contributed by atoms with Gasteiger partial charge in [-0.25, -0.2) is 4.39 Å². The van der Waals surface area contributed by atoms with Gasteiger partial charge < -0.3 is 5.32 Å². The number of carbonyl (C=O) groups excluding carboxylic acids is 1. The average molecular weight is 418 g/mol. The smallest absolute Gasteiger partial charge is 0.252 e. The lowest BCUT2D eigenvalue weighted by molar-refractivity contribution is 0.0874. The summed E-state index contributed by atoms with van der Waals surface area (Å²) in [5, 5.41) is 3.27. The number of amides is 1. The summed E-state index contributed by atoms with van der Waals surface area (Å²) < 4.78 is 13.6. The van der Waals surface area contributed by atoms with Gasteiger partial charge in [0.05, 0.1) is 11.7 Å². The quantitative estimate of drug-likeness (QED) is 0.620. The molecule has 0 saturated carbocycles. The standard InChI is InChI=1S/C26H28FN3O/c1-19-8-2-3-12-23(19)26(31)29-25(24-13-4-5-14-28-24)21-10-7-15-30(18-21)17-20-9-6-11-22(27)16-20/h2-6,8-9,11-14,16,21,25H,7,10,15,17-18H2,1H3,(H,29,31)/t21-,25-/m1/s1. The summed E-state index contributed by atoms with van der Waals surface area (Å²) in [6, 6.07) is 20.1. The fourth-order valence-electron chi connectivity index (χ4n) is 4.44. The van der Waals surface area contributed by atoms with Crippen molar-refractivity contribution in [3.05, 3.63) is 101 Å². The molecule has 3 aromatic rings. The second-order valence-electron chi connectivity index (χ2n) is 8.29. The van der Waals surface area contributed by atoms with Gasteiger partial charge >= 0.3 is 0 Å². The number of aryl methyl sites for hydroxylation is 1. The molecule has 0 unspecified atom stereocenters. The molecule has 4 rings (SSSR count). The van der Waals surface area contributed by atoms with Crippen LogP contribution in [0.1, 0.15) is 46.1 Å². The van der Waals surface area contributed by atoms with Crippen molar-refractivity contribution in [1.82, 2.24) is 15.2 Å². The van der Waals surface area contributed by atoms with Crippen molar-refractivity contribution in [3.63, 3.8) is 0 Å². The molecule has 2 aromatic carbocycles. The van der Waals surface area contributed by atoms with E-state index in [9.17, 15) is 9.18 Å². The van der Waals surface area contributed by atoms with Crippen LogP contribution in [0.5, 0.6) is 0 Å². The summed E-state index contributed by atoms with van der Waals surface area (Å²) in [6.07, 6.45) is 3.81. The summed E-state index contributed by atoms with van der Waals surface area (Å²) in [7, 11) is 0. The van der Waals surface area contributed by atoms with E-state index in [1.807, 2.05) is 55.5 Å². The molecular formula is C26H28FN3O. The number of benzene rings is 2. The summed E-state index contributed by atoms with van der Waals surface area (Å²) >= 11 is 0. The molecule has 1 aliphatic rings. The van der Waals surface area contributed by atoms with Crippen molar-refractivity contribution in [2.24, 2.45) is 5.92 Å². The first-order valence-electron chi connectivity index (χ1n) is 10.8. The molecule has 0 aliphatic carbocycles. The molecule has 1 N–H and O–H groups in total. The first-order valence-corrected chi connectivity index (χ1v) is 10.8. The highest BCUT2D eigenvalue weighted by molar-refractivity contribution is 5.95. The van der Waals surface area contributed by atoms with Crippen LogP contribution in [0.15, 0.2) is 72.9 Å². The van der Waals surface area contributed by atoms with Gasteiger partial charge in [0.15, 0.2) is 0 Å². The number of rotatable bonds is 6. The van der Waals surface area contributed by atoms with Crippen LogP contribution in [-0.2, 0) is 6.54 Å². The highest BCUT2D eigenvalue weighted by atomic mass is 19.1. The van der Waals surface area contributed by atoms with E-state index in [2.05, 4.69) is 15.2 Å². The normalized spacial score (nSPS) is 17.8. The lowest BCUT2D eigenvalue weighted by Crippen LogP contribution is -2.43. The SMILES string of the molecule is Cc1ccccc1C(=O)N[C@@H](c1ccccn1)[C@@H]1CCCN(Cc2cccc(F)c2)C1. The van der Waals surface area contributed by atoms with Crippen LogP contribution in [0.25, 0.3) is 0 Å². The Labute approximate surface area is 183 Å². The summed E-state index contributed by atoms with van der Waals surface area (Å²) in [5.41, 5.74) is 3.49. The zero-order chi connectivity index (χ0) is 21.6. The van der Waals surface area contributed by atoms with E-state index in [0.717, 1.165) is 42.8 Å². The molecule has 4 nitrogen and oxygen atoms in total. The fraction of sp³-hybridized carbons (Fsp3) is 0.308. The lowest BCUT2D eigenvalue weighted by Gasteiger charge is -2.37. The molecule has 1 saturated heterocycles. The number of nitrogens with one attached hydrogen (secondary N) is 1. The molecular weight excluding hydrogens is 389 g/mol. The van der Waals surface area contributed by atoms with Crippen LogP contribution in [-0.4, -0.2) is 28.9 Å². The minimum absolute atomic E-state index is 0.0731. The molecule has 1 amide bonds. The minimum atomic E-state index is -0.206. The van der Waals surface area contributed by atoms with Crippen LogP contribution in [0, 0.1) is 18.7 Å². The van der Waals surface area contributed by atoms with E-state index in [0.29, 0.717) is 12.1 Å². The Morgan fingerprint density at radius 1 is 1.16 bits per heavy atom. The topological polar surface area (TPSA) is 45.2 Å². The molecule has 1 aliphatic heterocycles. The molecule has 31 heavy (non-hydrogen) atoms. The third-order valence-electron chi connectivity index (χ3n) is 5.99. The molecule has 1 aromatic heterocycles. The van der Waals surface area contributed by atoms with Crippen LogP contribution >= 0.6 is 0 Å². The van der Waals surface area contributed by atoms with Crippen LogP contribution in [0.3, 0.4) is 0 Å². The van der Waals surface area contributed by atoms with E-state index in [4.69, 9.17) is 0 Å². The van der Waals surface area contributed by atoms with Crippen molar-refractivity contribution in [1.29, 1.82) is 0 Å². The highest BCUT2D eigenvalue weighted by Gasteiger charge is 2.31. The maximum absolute atomic E-state index is 13.6. The number of likely N-dealkylation sites (tertiary alicyclic amines) is 1. The van der Waals surface area contributed by atoms with Crippen LogP contribution in [0.2, 0.25) is 0 Å². The predicted octanol–water partition coefficient (Wildman–Crippen LogP) is 4.91. The molecule has 1 fully saturated rings. The van der Waals surface area contributed by atoms with Crippen molar-refractivity contribution in [3.8, 4) is 0 Å². The third-order valence-corrected chi connectivity index (χ3v) is 5.99. The summed E-state index contributed by atoms with van der Waals surface area (Å²) in [5.74, 6) is -0.0518.